The van der Waals surface area contributed by atoms with Crippen molar-refractivity contribution in [1.82, 2.24) is 4.90 Å². The number of aliphatic imine (C=N–C) groups is 1. The van der Waals surface area contributed by atoms with E-state index in [1.807, 2.05) is 11.8 Å². The van der Waals surface area contributed by atoms with Gasteiger partial charge < -0.3 is 4.90 Å². The number of nitrogens with zero attached hydrogens (tertiary/aromatic N) is 3. The molecule has 2 heterocycles. The minimum Gasteiger partial charge on any atom is -0.343 e. The molecule has 0 aromatic carbocycles. The first-order chi connectivity index (χ1) is 8.26. The van der Waals surface area contributed by atoms with Crippen LogP contribution in [-0.4, -0.2) is 37.9 Å². The van der Waals surface area contributed by atoms with E-state index in [4.69, 9.17) is 5.26 Å². The SMILES string of the molecule is I.N#CC1=C(SCC(I)CI)N2CCCC2N=C1. The second-order valence-corrected chi connectivity index (χ2v) is 7.64. The summed E-state index contributed by atoms with van der Waals surface area (Å²) in [5.74, 6) is 1.07. The molecule has 0 bridgehead atoms. The molecule has 1 fully saturated rings. The first-order valence-corrected chi connectivity index (χ1v) is 9.29. The molecule has 2 unspecified atom stereocenters. The third-order valence-corrected chi connectivity index (χ3v) is 8.30. The number of alkyl halides is 2. The third-order valence-electron chi connectivity index (χ3n) is 2.78. The van der Waals surface area contributed by atoms with Crippen LogP contribution in [0, 0.1) is 11.3 Å². The van der Waals surface area contributed by atoms with Crippen molar-refractivity contribution in [1.29, 1.82) is 5.26 Å². The molecule has 3 nitrogen and oxygen atoms in total. The average molecular weight is 601 g/mol. The van der Waals surface area contributed by atoms with Crippen molar-refractivity contribution < 1.29 is 0 Å². The Morgan fingerprint density at radius 1 is 1.67 bits per heavy atom. The van der Waals surface area contributed by atoms with E-state index >= 15 is 0 Å². The van der Waals surface area contributed by atoms with Crippen LogP contribution < -0.4 is 0 Å². The second kappa shape index (κ2) is 8.51. The Morgan fingerprint density at radius 3 is 3.11 bits per heavy atom. The summed E-state index contributed by atoms with van der Waals surface area (Å²) in [7, 11) is 0. The highest BCUT2D eigenvalue weighted by Crippen LogP contribution is 2.35. The van der Waals surface area contributed by atoms with E-state index in [1.165, 1.54) is 6.42 Å². The maximum absolute atomic E-state index is 9.16. The number of rotatable bonds is 4. The number of fused-ring (bicyclic) bond motifs is 1. The van der Waals surface area contributed by atoms with Crippen LogP contribution in [0.2, 0.25) is 0 Å². The van der Waals surface area contributed by atoms with Gasteiger partial charge in [-0.1, -0.05) is 45.2 Å². The Kier molecular flexibility index (Phi) is 8.18. The van der Waals surface area contributed by atoms with Crippen LogP contribution in [0.25, 0.3) is 0 Å². The van der Waals surface area contributed by atoms with Crippen LogP contribution in [0.3, 0.4) is 0 Å². The number of hydrogen-bond donors (Lipinski definition) is 0. The normalized spacial score (nSPS) is 23.4. The Labute approximate surface area is 157 Å². The van der Waals surface area contributed by atoms with Gasteiger partial charge in [0.05, 0.1) is 10.6 Å². The van der Waals surface area contributed by atoms with Gasteiger partial charge in [0, 0.05) is 26.9 Å². The molecule has 100 valence electrons. The Bertz CT molecular complexity index is 391. The van der Waals surface area contributed by atoms with Gasteiger partial charge in [0.25, 0.3) is 0 Å². The van der Waals surface area contributed by atoms with Crippen molar-refractivity contribution in [2.24, 2.45) is 4.99 Å². The number of halogens is 3. The lowest BCUT2D eigenvalue weighted by Crippen LogP contribution is -2.30. The smallest absolute Gasteiger partial charge is 0.121 e. The molecule has 0 spiro atoms. The van der Waals surface area contributed by atoms with Crippen LogP contribution in [0.4, 0.5) is 0 Å². The van der Waals surface area contributed by atoms with Crippen molar-refractivity contribution in [2.45, 2.75) is 22.9 Å². The zero-order valence-electron chi connectivity index (χ0n) is 9.68. The molecule has 0 aromatic heterocycles. The Morgan fingerprint density at radius 2 is 2.44 bits per heavy atom. The largest absolute Gasteiger partial charge is 0.343 e. The van der Waals surface area contributed by atoms with Crippen molar-refractivity contribution in [3.05, 3.63) is 10.6 Å². The lowest BCUT2D eigenvalue weighted by atomic mass is 10.3. The van der Waals surface area contributed by atoms with Gasteiger partial charge in [-0.15, -0.1) is 35.7 Å². The molecule has 0 N–H and O–H groups in total. The van der Waals surface area contributed by atoms with Gasteiger partial charge in [0.2, 0.25) is 0 Å². The van der Waals surface area contributed by atoms with E-state index in [2.05, 4.69) is 61.1 Å². The van der Waals surface area contributed by atoms with Crippen LogP contribution >= 0.6 is 80.9 Å². The molecule has 0 amide bonds. The van der Waals surface area contributed by atoms with E-state index in [-0.39, 0.29) is 24.0 Å². The van der Waals surface area contributed by atoms with Gasteiger partial charge in [-0.05, 0) is 12.8 Å². The molecule has 7 heteroatoms. The predicted octanol–water partition coefficient (Wildman–Crippen LogP) is 3.82. The summed E-state index contributed by atoms with van der Waals surface area (Å²) in [6.45, 7) is 1.05. The molecule has 0 aliphatic carbocycles. The fourth-order valence-electron chi connectivity index (χ4n) is 1.96. The van der Waals surface area contributed by atoms with E-state index < -0.39 is 0 Å². The first kappa shape index (κ1) is 17.3. The molecular formula is C11H14I3N3S. The highest BCUT2D eigenvalue weighted by molar-refractivity contribution is 14.1. The highest BCUT2D eigenvalue weighted by Gasteiger charge is 2.30. The molecular weight excluding hydrogens is 587 g/mol. The summed E-state index contributed by atoms with van der Waals surface area (Å²) < 4.78 is 1.81. The summed E-state index contributed by atoms with van der Waals surface area (Å²) >= 11 is 6.70. The summed E-state index contributed by atoms with van der Waals surface area (Å²) in [5.41, 5.74) is 0.741. The highest BCUT2D eigenvalue weighted by atomic mass is 127. The molecule has 2 aliphatic rings. The second-order valence-electron chi connectivity index (χ2n) is 3.99. The van der Waals surface area contributed by atoms with Crippen molar-refractivity contribution in [2.75, 3.05) is 16.7 Å². The molecule has 0 aromatic rings. The molecule has 2 rings (SSSR count). The monoisotopic (exact) mass is 601 g/mol. The van der Waals surface area contributed by atoms with Gasteiger partial charge in [-0.2, -0.15) is 5.26 Å². The van der Waals surface area contributed by atoms with Gasteiger partial charge in [0.15, 0.2) is 0 Å². The van der Waals surface area contributed by atoms with E-state index in [0.717, 1.165) is 33.7 Å². The lowest BCUT2D eigenvalue weighted by Gasteiger charge is -2.29. The molecule has 0 saturated carbocycles. The summed E-state index contributed by atoms with van der Waals surface area (Å²) in [4.78, 5) is 6.75. The van der Waals surface area contributed by atoms with Crippen LogP contribution in [0.15, 0.2) is 15.6 Å². The topological polar surface area (TPSA) is 39.4 Å². The predicted molar refractivity (Wildman–Crippen MR) is 105 cm³/mol. The molecule has 2 atom stereocenters. The Balaban J connectivity index is 0.00000162. The fourth-order valence-corrected chi connectivity index (χ4v) is 4.33. The maximum Gasteiger partial charge on any atom is 0.121 e. The zero-order chi connectivity index (χ0) is 12.3. The number of hydrogen-bond acceptors (Lipinski definition) is 4. The zero-order valence-corrected chi connectivity index (χ0v) is 17.1. The van der Waals surface area contributed by atoms with E-state index in [1.54, 1.807) is 6.21 Å². The standard InChI is InChI=1S/C11H13I2N3S.HI/c12-4-9(13)7-17-11-8(5-14)6-15-10-2-1-3-16(10)11;/h6,9-10H,1-4,7H2;1H. The fraction of sp³-hybridized carbons (Fsp3) is 0.636. The first-order valence-electron chi connectivity index (χ1n) is 5.53. The molecule has 1 saturated heterocycles. The van der Waals surface area contributed by atoms with Crippen LogP contribution in [-0.2, 0) is 0 Å². The van der Waals surface area contributed by atoms with Gasteiger partial charge >= 0.3 is 0 Å². The van der Waals surface area contributed by atoms with Crippen molar-refractivity contribution >= 4 is 87.1 Å². The molecule has 18 heavy (non-hydrogen) atoms. The van der Waals surface area contributed by atoms with Crippen LogP contribution in [0.5, 0.6) is 0 Å². The van der Waals surface area contributed by atoms with Crippen molar-refractivity contribution in [3.8, 4) is 6.07 Å². The van der Waals surface area contributed by atoms with Crippen molar-refractivity contribution in [3.63, 3.8) is 0 Å². The van der Waals surface area contributed by atoms with E-state index in [9.17, 15) is 0 Å². The number of allylic oxidation sites excluding steroid dienone is 1. The summed E-state index contributed by atoms with van der Waals surface area (Å²) in [6, 6.07) is 2.27. The van der Waals surface area contributed by atoms with Gasteiger partial charge in [-0.25, -0.2) is 0 Å². The lowest BCUT2D eigenvalue weighted by molar-refractivity contribution is 0.347. The number of thioether (sulfide) groups is 1. The minimum absolute atomic E-state index is 0. The molecule has 2 aliphatic heterocycles. The van der Waals surface area contributed by atoms with E-state index in [0.29, 0.717) is 10.1 Å². The maximum atomic E-state index is 9.16. The average Bonchev–Trinajstić information content (AvgIpc) is 2.83. The van der Waals surface area contributed by atoms with Gasteiger partial charge in [-0.3, -0.25) is 4.99 Å². The summed E-state index contributed by atoms with van der Waals surface area (Å²) in [6.07, 6.45) is 4.37. The van der Waals surface area contributed by atoms with Gasteiger partial charge in [0.1, 0.15) is 12.2 Å². The van der Waals surface area contributed by atoms with Crippen LogP contribution in [0.1, 0.15) is 12.8 Å². The minimum atomic E-state index is 0. The summed E-state index contributed by atoms with van der Waals surface area (Å²) in [5, 5.41) is 10.3. The quantitative estimate of drug-likeness (QED) is 0.364. The Hall–Kier alpha value is 1.24. The molecule has 0 radical (unpaired) electrons. The number of nitriles is 1. The third kappa shape index (κ3) is 4.12.